The van der Waals surface area contributed by atoms with Crippen molar-refractivity contribution in [1.29, 1.82) is 0 Å². The van der Waals surface area contributed by atoms with Crippen molar-refractivity contribution in [3.63, 3.8) is 0 Å². The molecular weight excluding hydrogens is 466 g/mol. The Hall–Kier alpha value is -3.27. The van der Waals surface area contributed by atoms with Gasteiger partial charge in [0, 0.05) is 25.7 Å². The van der Waals surface area contributed by atoms with Gasteiger partial charge in [0.25, 0.3) is 0 Å². The van der Waals surface area contributed by atoms with Gasteiger partial charge in [-0.1, -0.05) is 36.4 Å². The maximum Gasteiger partial charge on any atom is 0.433 e. The normalized spacial score (nSPS) is 13.4. The third-order valence-corrected chi connectivity index (χ3v) is 5.77. The Labute approximate surface area is 200 Å². The summed E-state index contributed by atoms with van der Waals surface area (Å²) < 4.78 is 53.5. The minimum absolute atomic E-state index is 0.133. The third-order valence-electron chi connectivity index (χ3n) is 5.52. The minimum atomic E-state index is -4.62. The molecule has 2 N–H and O–H groups in total. The van der Waals surface area contributed by atoms with E-state index in [1.165, 1.54) is 17.7 Å². The Morgan fingerprint density at radius 3 is 2.50 bits per heavy atom. The van der Waals surface area contributed by atoms with Crippen LogP contribution in [0.3, 0.4) is 0 Å². The fourth-order valence-electron chi connectivity index (χ4n) is 3.78. The zero-order chi connectivity index (χ0) is 24.1. The van der Waals surface area contributed by atoms with Gasteiger partial charge in [0.05, 0.1) is 0 Å². The van der Waals surface area contributed by atoms with Crippen LogP contribution in [0.15, 0.2) is 54.6 Å². The van der Waals surface area contributed by atoms with Crippen molar-refractivity contribution < 1.29 is 17.6 Å². The molecule has 4 rings (SSSR count). The van der Waals surface area contributed by atoms with Crippen molar-refractivity contribution in [2.45, 2.75) is 32.0 Å². The van der Waals surface area contributed by atoms with Crippen LogP contribution in [-0.2, 0) is 25.6 Å². The predicted octanol–water partition coefficient (Wildman–Crippen LogP) is 5.12. The lowest BCUT2D eigenvalue weighted by Crippen LogP contribution is -2.33. The molecule has 0 amide bonds. The molecule has 1 aliphatic heterocycles. The van der Waals surface area contributed by atoms with Gasteiger partial charge in [0.1, 0.15) is 11.6 Å². The second-order valence-corrected chi connectivity index (χ2v) is 8.39. The standard InChI is InChI=1S/C24H23F4N5S/c25-19-9-7-16(8-10-19)4-3-12-29-23(34)32-22-30-20(24(26,27)28)14-21(31-22)33-13-11-17-5-1-2-6-18(17)15-33/h1-2,5-10,14H,3-4,11-13,15H2,(H2,29,30,31,32,34). The highest BCUT2D eigenvalue weighted by molar-refractivity contribution is 7.80. The number of aromatic nitrogens is 2. The predicted molar refractivity (Wildman–Crippen MR) is 127 cm³/mol. The van der Waals surface area contributed by atoms with Crippen LogP contribution in [0.5, 0.6) is 0 Å². The van der Waals surface area contributed by atoms with Gasteiger partial charge in [-0.15, -0.1) is 0 Å². The highest BCUT2D eigenvalue weighted by atomic mass is 32.1. The summed E-state index contributed by atoms with van der Waals surface area (Å²) in [7, 11) is 0. The third kappa shape index (κ3) is 6.19. The van der Waals surface area contributed by atoms with Gasteiger partial charge in [0.15, 0.2) is 10.8 Å². The number of thiocarbonyl (C=S) groups is 1. The summed E-state index contributed by atoms with van der Waals surface area (Å²) in [6.07, 6.45) is -2.49. The number of hydrogen-bond donors (Lipinski definition) is 2. The number of alkyl halides is 3. The first-order valence-electron chi connectivity index (χ1n) is 10.9. The van der Waals surface area contributed by atoms with Crippen LogP contribution in [0, 0.1) is 5.82 Å². The number of anilines is 2. The molecule has 0 radical (unpaired) electrons. The van der Waals surface area contributed by atoms with Gasteiger partial charge in [-0.2, -0.15) is 18.2 Å². The van der Waals surface area contributed by atoms with E-state index < -0.39 is 11.9 Å². The quantitative estimate of drug-likeness (QED) is 0.285. The van der Waals surface area contributed by atoms with E-state index in [4.69, 9.17) is 12.2 Å². The molecule has 0 atom stereocenters. The second kappa shape index (κ2) is 10.3. The molecule has 10 heteroatoms. The molecular formula is C24H23F4N5S. The fourth-order valence-corrected chi connectivity index (χ4v) is 3.97. The lowest BCUT2D eigenvalue weighted by Gasteiger charge is -2.30. The number of benzene rings is 2. The first-order chi connectivity index (χ1) is 16.3. The summed E-state index contributed by atoms with van der Waals surface area (Å²) in [6, 6.07) is 15.1. The minimum Gasteiger partial charge on any atom is -0.362 e. The lowest BCUT2D eigenvalue weighted by molar-refractivity contribution is -0.141. The summed E-state index contributed by atoms with van der Waals surface area (Å²) in [5, 5.41) is 5.77. The molecule has 2 aromatic carbocycles. The first-order valence-corrected chi connectivity index (χ1v) is 11.3. The van der Waals surface area contributed by atoms with E-state index in [-0.39, 0.29) is 22.7 Å². The Morgan fingerprint density at radius 1 is 1.03 bits per heavy atom. The van der Waals surface area contributed by atoms with Crippen LogP contribution in [-0.4, -0.2) is 28.2 Å². The fraction of sp³-hybridized carbons (Fsp3) is 0.292. The highest BCUT2D eigenvalue weighted by Gasteiger charge is 2.34. The second-order valence-electron chi connectivity index (χ2n) is 7.98. The molecule has 0 bridgehead atoms. The monoisotopic (exact) mass is 489 g/mol. The topological polar surface area (TPSA) is 53.1 Å². The average Bonchev–Trinajstić information content (AvgIpc) is 2.82. The number of hydrogen-bond acceptors (Lipinski definition) is 4. The molecule has 5 nitrogen and oxygen atoms in total. The molecule has 1 aromatic heterocycles. The van der Waals surface area contributed by atoms with Crippen molar-refractivity contribution in [3.8, 4) is 0 Å². The molecule has 0 unspecified atom stereocenters. The summed E-state index contributed by atoms with van der Waals surface area (Å²) in [5.74, 6) is -0.306. The van der Waals surface area contributed by atoms with Gasteiger partial charge in [-0.25, -0.2) is 9.37 Å². The molecule has 0 saturated heterocycles. The van der Waals surface area contributed by atoms with Crippen molar-refractivity contribution in [3.05, 3.63) is 82.8 Å². The molecule has 0 saturated carbocycles. The van der Waals surface area contributed by atoms with Gasteiger partial charge >= 0.3 is 6.18 Å². The number of aryl methyl sites for hydroxylation is 1. The van der Waals surface area contributed by atoms with Gasteiger partial charge < -0.3 is 15.5 Å². The molecule has 0 aliphatic carbocycles. The van der Waals surface area contributed by atoms with E-state index >= 15 is 0 Å². The Morgan fingerprint density at radius 2 is 1.76 bits per heavy atom. The van der Waals surface area contributed by atoms with Gasteiger partial charge in [-0.3, -0.25) is 0 Å². The molecule has 0 fully saturated rings. The Balaban J connectivity index is 1.40. The van der Waals surface area contributed by atoms with Crippen LogP contribution < -0.4 is 15.5 Å². The van der Waals surface area contributed by atoms with Crippen molar-refractivity contribution in [1.82, 2.24) is 15.3 Å². The van der Waals surface area contributed by atoms with Crippen molar-refractivity contribution >= 4 is 29.1 Å². The number of nitrogens with one attached hydrogen (secondary N) is 2. The Kier molecular flexibility index (Phi) is 7.26. The van der Waals surface area contributed by atoms with Gasteiger partial charge in [0.2, 0.25) is 5.95 Å². The van der Waals surface area contributed by atoms with E-state index in [1.54, 1.807) is 12.1 Å². The summed E-state index contributed by atoms with van der Waals surface area (Å²) in [5.41, 5.74) is 2.20. The number of fused-ring (bicyclic) bond motifs is 1. The highest BCUT2D eigenvalue weighted by Crippen LogP contribution is 2.32. The summed E-state index contributed by atoms with van der Waals surface area (Å²) >= 11 is 5.23. The van der Waals surface area contributed by atoms with E-state index in [9.17, 15) is 17.6 Å². The zero-order valence-corrected chi connectivity index (χ0v) is 19.0. The molecule has 0 spiro atoms. The molecule has 1 aliphatic rings. The lowest BCUT2D eigenvalue weighted by atomic mass is 10.00. The van der Waals surface area contributed by atoms with Crippen LogP contribution in [0.2, 0.25) is 0 Å². The van der Waals surface area contributed by atoms with Crippen molar-refractivity contribution in [2.24, 2.45) is 0 Å². The SMILES string of the molecule is Fc1ccc(CCCNC(=S)Nc2nc(N3CCc4ccccc4C3)cc(C(F)(F)F)n2)cc1. The number of nitrogens with zero attached hydrogens (tertiary/aromatic N) is 3. The summed E-state index contributed by atoms with van der Waals surface area (Å²) in [4.78, 5) is 9.75. The largest absolute Gasteiger partial charge is 0.433 e. The van der Waals surface area contributed by atoms with Crippen LogP contribution in [0.4, 0.5) is 29.3 Å². The first kappa shape index (κ1) is 23.9. The number of rotatable bonds is 6. The maximum atomic E-state index is 13.5. The van der Waals surface area contributed by atoms with E-state index in [1.807, 2.05) is 29.2 Å². The molecule has 3 aromatic rings. The van der Waals surface area contributed by atoms with E-state index in [2.05, 4.69) is 20.6 Å². The summed E-state index contributed by atoms with van der Waals surface area (Å²) in [6.45, 7) is 1.50. The maximum absolute atomic E-state index is 13.5. The molecule has 178 valence electrons. The smallest absolute Gasteiger partial charge is 0.362 e. The van der Waals surface area contributed by atoms with Crippen molar-refractivity contribution in [2.75, 3.05) is 23.3 Å². The zero-order valence-electron chi connectivity index (χ0n) is 18.2. The van der Waals surface area contributed by atoms with Gasteiger partial charge in [-0.05, 0) is 60.3 Å². The van der Waals surface area contributed by atoms with Crippen LogP contribution in [0.1, 0.15) is 28.8 Å². The Bertz CT molecular complexity index is 1150. The average molecular weight is 490 g/mol. The van der Waals surface area contributed by atoms with Crippen LogP contribution in [0.25, 0.3) is 0 Å². The number of halogens is 4. The molecule has 34 heavy (non-hydrogen) atoms. The van der Waals surface area contributed by atoms with E-state index in [0.29, 0.717) is 32.5 Å². The van der Waals surface area contributed by atoms with E-state index in [0.717, 1.165) is 23.6 Å². The van der Waals surface area contributed by atoms with Crippen LogP contribution >= 0.6 is 12.2 Å². The molecule has 2 heterocycles.